The maximum atomic E-state index is 13.8. The van der Waals surface area contributed by atoms with E-state index in [4.69, 9.17) is 0 Å². The number of nitrogens with zero attached hydrogens (tertiary/aromatic N) is 1. The number of alkyl halides is 2. The molecule has 0 saturated heterocycles. The van der Waals surface area contributed by atoms with Crippen LogP contribution in [-0.4, -0.2) is 17.4 Å². The van der Waals surface area contributed by atoms with Crippen LogP contribution in [0.4, 0.5) is 23.2 Å². The van der Waals surface area contributed by atoms with Gasteiger partial charge in [-0.25, -0.2) is 17.6 Å². The highest BCUT2D eigenvalue weighted by molar-refractivity contribution is 6.00. The molecule has 2 aliphatic rings. The van der Waals surface area contributed by atoms with Crippen LogP contribution in [0.5, 0.6) is 0 Å². The number of halogens is 4. The number of carbonyl (C=O) groups excluding carboxylic acids is 1. The largest absolute Gasteiger partial charge is 0.299 e. The van der Waals surface area contributed by atoms with Gasteiger partial charge in [-0.2, -0.15) is 0 Å². The number of ketones is 1. The third kappa shape index (κ3) is 3.82. The minimum absolute atomic E-state index is 0.0882. The van der Waals surface area contributed by atoms with Gasteiger partial charge >= 0.3 is 0 Å². The Morgan fingerprint density at radius 1 is 1.29 bits per heavy atom. The molecule has 1 saturated carbocycles. The molecule has 3 rings (SSSR count). The second-order valence-corrected chi connectivity index (χ2v) is 7.76. The average Bonchev–Trinajstić information content (AvgIpc) is 2.82. The van der Waals surface area contributed by atoms with Crippen molar-refractivity contribution in [2.75, 3.05) is 0 Å². The molecule has 1 heterocycles. The maximum Gasteiger partial charge on any atom is 0.253 e. The van der Waals surface area contributed by atoms with Gasteiger partial charge in [-0.15, -0.1) is 0 Å². The minimum Gasteiger partial charge on any atom is -0.299 e. The molecule has 28 heavy (non-hydrogen) atoms. The lowest BCUT2D eigenvalue weighted by molar-refractivity contribution is -0.237. The average molecular weight is 393 g/mol. The smallest absolute Gasteiger partial charge is 0.253 e. The maximum absolute atomic E-state index is 13.8. The molecule has 1 aromatic rings. The Labute approximate surface area is 162 Å². The third-order valence-electron chi connectivity index (χ3n) is 6.06. The van der Waals surface area contributed by atoms with Crippen molar-refractivity contribution in [1.82, 2.24) is 0 Å². The normalized spacial score (nSPS) is 25.8. The van der Waals surface area contributed by atoms with Gasteiger partial charge in [0.15, 0.2) is 11.6 Å². The molecule has 6 heteroatoms. The molecule has 0 amide bonds. The fourth-order valence-electron chi connectivity index (χ4n) is 3.86. The predicted molar refractivity (Wildman–Crippen MR) is 102 cm³/mol. The summed E-state index contributed by atoms with van der Waals surface area (Å²) >= 11 is 0. The minimum atomic E-state index is -2.70. The molecular weight excluding hydrogens is 370 g/mol. The number of benzene rings is 1. The Morgan fingerprint density at radius 2 is 2.00 bits per heavy atom. The van der Waals surface area contributed by atoms with Crippen molar-refractivity contribution in [2.45, 2.75) is 51.9 Å². The van der Waals surface area contributed by atoms with E-state index in [2.05, 4.69) is 4.99 Å². The standard InChI is InChI=1S/C22H23F4NO/c1-3-21(2)15(13-22(21,25)26)11-17(28)9-5-8-16-7-4-6-14-10-18(23)19(24)12-20(14)27-16/h4-6,8,10,12,15H,3,7,9,11,13H2,1-2H3/b8-5+/t15?,21-/m1/s1. The Hall–Kier alpha value is -2.24. The van der Waals surface area contributed by atoms with Crippen molar-refractivity contribution >= 4 is 23.3 Å². The number of allylic oxidation sites excluding steroid dienone is 3. The van der Waals surface area contributed by atoms with Gasteiger partial charge in [0.25, 0.3) is 5.92 Å². The van der Waals surface area contributed by atoms with Gasteiger partial charge in [0, 0.05) is 48.4 Å². The van der Waals surface area contributed by atoms with Crippen molar-refractivity contribution in [3.05, 3.63) is 47.6 Å². The van der Waals surface area contributed by atoms with Crippen LogP contribution in [0, 0.1) is 23.0 Å². The number of hydrogen-bond acceptors (Lipinski definition) is 2. The Balaban J connectivity index is 1.62. The van der Waals surface area contributed by atoms with Gasteiger partial charge in [0.1, 0.15) is 5.78 Å². The van der Waals surface area contributed by atoms with E-state index in [1.165, 1.54) is 0 Å². The van der Waals surface area contributed by atoms with Gasteiger partial charge in [0.2, 0.25) is 0 Å². The molecule has 2 atom stereocenters. The lowest BCUT2D eigenvalue weighted by atomic mass is 9.55. The number of Topliss-reactive ketones (excluding diaryl/α,β-unsaturated/α-hetero) is 1. The Morgan fingerprint density at radius 3 is 2.68 bits per heavy atom. The van der Waals surface area contributed by atoms with Gasteiger partial charge in [-0.3, -0.25) is 9.79 Å². The molecule has 0 radical (unpaired) electrons. The molecule has 150 valence electrons. The lowest BCUT2D eigenvalue weighted by Gasteiger charge is -2.53. The fourth-order valence-corrected chi connectivity index (χ4v) is 3.86. The summed E-state index contributed by atoms with van der Waals surface area (Å²) in [4.78, 5) is 16.5. The number of carbonyl (C=O) groups is 1. The van der Waals surface area contributed by atoms with Gasteiger partial charge in [0.05, 0.1) is 5.69 Å². The monoisotopic (exact) mass is 393 g/mol. The summed E-state index contributed by atoms with van der Waals surface area (Å²) in [6.45, 7) is 3.28. The third-order valence-corrected chi connectivity index (χ3v) is 6.06. The van der Waals surface area contributed by atoms with E-state index in [9.17, 15) is 22.4 Å². The highest BCUT2D eigenvalue weighted by Crippen LogP contribution is 2.61. The van der Waals surface area contributed by atoms with Crippen molar-refractivity contribution in [2.24, 2.45) is 16.3 Å². The number of rotatable bonds is 6. The van der Waals surface area contributed by atoms with E-state index in [0.29, 0.717) is 29.8 Å². The first-order chi connectivity index (χ1) is 13.2. The summed E-state index contributed by atoms with van der Waals surface area (Å²) in [7, 11) is 0. The van der Waals surface area contributed by atoms with Crippen molar-refractivity contribution in [3.8, 4) is 0 Å². The molecule has 1 aliphatic heterocycles. The summed E-state index contributed by atoms with van der Waals surface area (Å²) in [6, 6.07) is 2.14. The second kappa shape index (κ2) is 7.64. The molecule has 0 bridgehead atoms. The lowest BCUT2D eigenvalue weighted by Crippen LogP contribution is -2.56. The van der Waals surface area contributed by atoms with E-state index < -0.39 is 23.0 Å². The van der Waals surface area contributed by atoms with Crippen molar-refractivity contribution in [1.29, 1.82) is 0 Å². The predicted octanol–water partition coefficient (Wildman–Crippen LogP) is 6.43. The zero-order valence-corrected chi connectivity index (χ0v) is 15.9. The summed E-state index contributed by atoms with van der Waals surface area (Å²) in [5.41, 5.74) is 0.325. The zero-order valence-electron chi connectivity index (χ0n) is 15.9. The number of fused-ring (bicyclic) bond motifs is 1. The molecule has 1 fully saturated rings. The molecule has 0 aromatic heterocycles. The summed E-state index contributed by atoms with van der Waals surface area (Å²) in [6.07, 6.45) is 7.64. The van der Waals surface area contributed by atoms with Crippen LogP contribution < -0.4 is 0 Å². The molecule has 1 unspecified atom stereocenters. The SMILES string of the molecule is CC[C@]1(C)C(CC(=O)C/C=C/C2=Nc3cc(F)c(F)cc3C=CC2)CC1(F)F. The number of hydrogen-bond donors (Lipinski definition) is 0. The molecule has 0 N–H and O–H groups in total. The molecule has 0 spiro atoms. The van der Waals surface area contributed by atoms with E-state index in [1.807, 2.05) is 0 Å². The Kier molecular flexibility index (Phi) is 5.60. The van der Waals surface area contributed by atoms with Gasteiger partial charge in [-0.05, 0) is 24.5 Å². The molecule has 1 aliphatic carbocycles. The van der Waals surface area contributed by atoms with Crippen LogP contribution in [0.2, 0.25) is 0 Å². The van der Waals surface area contributed by atoms with E-state index >= 15 is 0 Å². The molecular formula is C22H23F4NO. The summed E-state index contributed by atoms with van der Waals surface area (Å²) < 4.78 is 54.4. The van der Waals surface area contributed by atoms with Crippen LogP contribution in [0.3, 0.4) is 0 Å². The van der Waals surface area contributed by atoms with Crippen molar-refractivity contribution in [3.63, 3.8) is 0 Å². The van der Waals surface area contributed by atoms with Crippen LogP contribution in [0.25, 0.3) is 6.08 Å². The first-order valence-electron chi connectivity index (χ1n) is 9.45. The molecule has 1 aromatic carbocycles. The topological polar surface area (TPSA) is 29.4 Å². The highest BCUT2D eigenvalue weighted by atomic mass is 19.3. The number of aliphatic imine (C=N–C) groups is 1. The highest BCUT2D eigenvalue weighted by Gasteiger charge is 2.63. The first kappa shape index (κ1) is 20.5. The van der Waals surface area contributed by atoms with E-state index in [1.54, 1.807) is 38.2 Å². The van der Waals surface area contributed by atoms with Crippen LogP contribution in [0.15, 0.2) is 35.4 Å². The quantitative estimate of drug-likeness (QED) is 0.512. The van der Waals surface area contributed by atoms with Gasteiger partial charge < -0.3 is 0 Å². The van der Waals surface area contributed by atoms with Crippen molar-refractivity contribution < 1.29 is 22.4 Å². The summed E-state index contributed by atoms with van der Waals surface area (Å²) in [5, 5.41) is 0. The fraction of sp³-hybridized carbons (Fsp3) is 0.455. The molecule has 2 nitrogen and oxygen atoms in total. The Bertz CT molecular complexity index is 872. The van der Waals surface area contributed by atoms with E-state index in [0.717, 1.165) is 12.1 Å². The van der Waals surface area contributed by atoms with Crippen LogP contribution in [0.1, 0.15) is 51.5 Å². The van der Waals surface area contributed by atoms with E-state index in [-0.39, 0.29) is 31.0 Å². The zero-order chi connectivity index (χ0) is 20.5. The van der Waals surface area contributed by atoms with Crippen LogP contribution >= 0.6 is 0 Å². The summed E-state index contributed by atoms with van der Waals surface area (Å²) in [5.74, 6) is -4.98. The van der Waals surface area contributed by atoms with Crippen LogP contribution in [-0.2, 0) is 4.79 Å². The van der Waals surface area contributed by atoms with Gasteiger partial charge in [-0.1, -0.05) is 32.1 Å². The first-order valence-corrected chi connectivity index (χ1v) is 9.45. The second-order valence-electron chi connectivity index (χ2n) is 7.76.